The zero-order valence-electron chi connectivity index (χ0n) is 21.2. The quantitative estimate of drug-likeness (QED) is 0.309. The Kier molecular flexibility index (Phi) is 8.80. The second-order valence-electron chi connectivity index (χ2n) is 8.71. The Morgan fingerprint density at radius 1 is 1.19 bits per heavy atom. The summed E-state index contributed by atoms with van der Waals surface area (Å²) in [5.74, 6) is 2.39. The number of benzene rings is 1. The summed E-state index contributed by atoms with van der Waals surface area (Å²) in [6.07, 6.45) is 1.04. The van der Waals surface area contributed by atoms with Crippen molar-refractivity contribution in [2.75, 3.05) is 31.8 Å². The van der Waals surface area contributed by atoms with Gasteiger partial charge in [0.15, 0.2) is 17.3 Å². The van der Waals surface area contributed by atoms with E-state index in [1.54, 1.807) is 30.2 Å². The Labute approximate surface area is 221 Å². The summed E-state index contributed by atoms with van der Waals surface area (Å²) in [5, 5.41) is 5.40. The highest BCUT2D eigenvalue weighted by atomic mass is 32.2. The van der Waals surface area contributed by atoms with Crippen molar-refractivity contribution in [3.05, 3.63) is 68.7 Å². The van der Waals surface area contributed by atoms with Crippen LogP contribution in [0, 0.1) is 0 Å². The fourth-order valence-corrected chi connectivity index (χ4v) is 6.25. The third-order valence-electron chi connectivity index (χ3n) is 6.50. The van der Waals surface area contributed by atoms with Crippen LogP contribution in [0.2, 0.25) is 0 Å². The number of ketones is 1. The predicted octanol–water partition coefficient (Wildman–Crippen LogP) is 5.81. The van der Waals surface area contributed by atoms with Gasteiger partial charge in [-0.05, 0) is 61.1 Å². The van der Waals surface area contributed by atoms with Gasteiger partial charge in [0.05, 0.1) is 25.2 Å². The smallest absolute Gasteiger partial charge is 0.336 e. The molecule has 8 heteroatoms. The van der Waals surface area contributed by atoms with Crippen molar-refractivity contribution in [1.82, 2.24) is 5.32 Å². The molecule has 1 aliphatic carbocycles. The normalized spacial score (nSPS) is 19.6. The van der Waals surface area contributed by atoms with Crippen LogP contribution in [0.5, 0.6) is 11.5 Å². The highest BCUT2D eigenvalue weighted by molar-refractivity contribution is 7.99. The van der Waals surface area contributed by atoms with Gasteiger partial charge in [-0.1, -0.05) is 19.1 Å². The number of dihydropyridines is 1. The number of nitrogens with one attached hydrogen (secondary N) is 1. The summed E-state index contributed by atoms with van der Waals surface area (Å²) in [4.78, 5) is 27.9. The maximum Gasteiger partial charge on any atom is 0.336 e. The van der Waals surface area contributed by atoms with Gasteiger partial charge in [0.2, 0.25) is 0 Å². The molecule has 0 amide bonds. The van der Waals surface area contributed by atoms with Crippen LogP contribution in [-0.4, -0.2) is 43.6 Å². The van der Waals surface area contributed by atoms with Crippen LogP contribution in [0.25, 0.3) is 0 Å². The number of methoxy groups -OCH3 is 1. The van der Waals surface area contributed by atoms with Gasteiger partial charge >= 0.3 is 5.97 Å². The molecule has 6 nitrogen and oxygen atoms in total. The summed E-state index contributed by atoms with van der Waals surface area (Å²) in [6.45, 7) is 6.82. The molecule has 1 N–H and O–H groups in total. The average Bonchev–Trinajstić information content (AvgIpc) is 3.40. The number of hydrogen-bond donors (Lipinski definition) is 1. The van der Waals surface area contributed by atoms with Crippen LogP contribution in [-0.2, 0) is 14.3 Å². The van der Waals surface area contributed by atoms with Gasteiger partial charge in [0.25, 0.3) is 0 Å². The first kappa shape index (κ1) is 26.4. The lowest BCUT2D eigenvalue weighted by Crippen LogP contribution is -2.36. The van der Waals surface area contributed by atoms with E-state index in [0.717, 1.165) is 33.3 Å². The van der Waals surface area contributed by atoms with Gasteiger partial charge in [0.1, 0.15) is 6.61 Å². The lowest BCUT2D eigenvalue weighted by atomic mass is 9.73. The van der Waals surface area contributed by atoms with Crippen molar-refractivity contribution < 1.29 is 23.8 Å². The second kappa shape index (κ2) is 12.0. The number of Topliss-reactive ketones (excluding diaryl/α,β-unsaturated/α-hetero) is 1. The molecule has 1 aromatic carbocycles. The van der Waals surface area contributed by atoms with Crippen LogP contribution in [0.3, 0.4) is 0 Å². The zero-order valence-corrected chi connectivity index (χ0v) is 22.9. The van der Waals surface area contributed by atoms with Gasteiger partial charge < -0.3 is 19.5 Å². The number of rotatable bonds is 10. The van der Waals surface area contributed by atoms with Crippen molar-refractivity contribution in [1.29, 1.82) is 0 Å². The first-order valence-corrected chi connectivity index (χ1v) is 14.3. The number of esters is 1. The van der Waals surface area contributed by atoms with Crippen LogP contribution in [0.15, 0.2) is 58.3 Å². The number of allylic oxidation sites excluding steroid dienone is 3. The first-order chi connectivity index (χ1) is 17.5. The van der Waals surface area contributed by atoms with Gasteiger partial charge in [-0.2, -0.15) is 11.8 Å². The number of ether oxygens (including phenoxy) is 3. The van der Waals surface area contributed by atoms with Gasteiger partial charge in [-0.15, -0.1) is 11.3 Å². The van der Waals surface area contributed by atoms with E-state index in [0.29, 0.717) is 48.7 Å². The van der Waals surface area contributed by atoms with Gasteiger partial charge in [0, 0.05) is 34.0 Å². The number of thioether (sulfide) groups is 1. The number of carbonyl (C=O) groups excluding carboxylic acids is 2. The van der Waals surface area contributed by atoms with E-state index in [4.69, 9.17) is 14.2 Å². The van der Waals surface area contributed by atoms with Crippen molar-refractivity contribution in [2.24, 2.45) is 0 Å². The lowest BCUT2D eigenvalue weighted by molar-refractivity contribution is -0.138. The molecule has 1 aromatic heterocycles. The minimum absolute atomic E-state index is 0.00434. The Hall–Kier alpha value is -2.71. The molecule has 1 aliphatic heterocycles. The summed E-state index contributed by atoms with van der Waals surface area (Å²) in [6, 6.07) is 9.84. The molecule has 0 saturated carbocycles. The standard InChI is InChI=1S/C28H33NO5S2/c1-5-33-22-10-9-18(16-23(22)32-4)19-14-20-26(21(30)15-19)27(24-8-7-12-36-24)25(17(3)29-20)28(31)34-11-13-35-6-2/h7-10,12,16,19,27,29H,5-6,11,13-15H2,1-4H3. The predicted molar refractivity (Wildman–Crippen MR) is 145 cm³/mol. The highest BCUT2D eigenvalue weighted by Gasteiger charge is 2.42. The van der Waals surface area contributed by atoms with Crippen LogP contribution >= 0.6 is 23.1 Å². The van der Waals surface area contributed by atoms with E-state index >= 15 is 0 Å². The Morgan fingerprint density at radius 2 is 2.03 bits per heavy atom. The molecule has 2 aliphatic rings. The van der Waals surface area contributed by atoms with Crippen LogP contribution in [0.1, 0.15) is 55.9 Å². The molecular formula is C28H33NO5S2. The molecule has 0 bridgehead atoms. The third kappa shape index (κ3) is 5.49. The summed E-state index contributed by atoms with van der Waals surface area (Å²) in [7, 11) is 1.62. The van der Waals surface area contributed by atoms with Crippen LogP contribution < -0.4 is 14.8 Å². The first-order valence-electron chi connectivity index (χ1n) is 12.3. The molecule has 4 rings (SSSR count). The second-order valence-corrected chi connectivity index (χ2v) is 11.1. The van der Waals surface area contributed by atoms with Gasteiger partial charge in [-0.3, -0.25) is 4.79 Å². The topological polar surface area (TPSA) is 73.9 Å². The molecule has 2 aromatic rings. The maximum absolute atomic E-state index is 13.7. The number of carbonyl (C=O) groups is 2. The van der Waals surface area contributed by atoms with Crippen LogP contribution in [0.4, 0.5) is 0 Å². The van der Waals surface area contributed by atoms with E-state index < -0.39 is 5.92 Å². The third-order valence-corrected chi connectivity index (χ3v) is 8.30. The molecule has 2 unspecified atom stereocenters. The monoisotopic (exact) mass is 527 g/mol. The van der Waals surface area contributed by atoms with E-state index in [1.807, 2.05) is 49.6 Å². The zero-order chi connectivity index (χ0) is 25.7. The fourth-order valence-electron chi connectivity index (χ4n) is 4.91. The average molecular weight is 528 g/mol. The Balaban J connectivity index is 1.65. The lowest BCUT2D eigenvalue weighted by Gasteiger charge is -2.36. The fraction of sp³-hybridized carbons (Fsp3) is 0.429. The molecule has 0 fully saturated rings. The van der Waals surface area contributed by atoms with Gasteiger partial charge in [-0.25, -0.2) is 4.79 Å². The summed E-state index contributed by atoms with van der Waals surface area (Å²) >= 11 is 3.29. The Bertz CT molecular complexity index is 1170. The number of thiophene rings is 1. The molecule has 2 atom stereocenters. The minimum Gasteiger partial charge on any atom is -0.493 e. The molecule has 36 heavy (non-hydrogen) atoms. The maximum atomic E-state index is 13.7. The van der Waals surface area contributed by atoms with E-state index in [-0.39, 0.29) is 17.7 Å². The van der Waals surface area contributed by atoms with E-state index in [2.05, 4.69) is 12.2 Å². The largest absolute Gasteiger partial charge is 0.493 e. The highest BCUT2D eigenvalue weighted by Crippen LogP contribution is 2.47. The number of hydrogen-bond acceptors (Lipinski definition) is 8. The SMILES string of the molecule is CCOc1ccc(C2CC(=O)C3=C(C2)NC(C)=C(C(=O)OCCSCC)C3c2cccs2)cc1OC. The molecule has 0 radical (unpaired) electrons. The Morgan fingerprint density at radius 3 is 2.72 bits per heavy atom. The van der Waals surface area contributed by atoms with E-state index in [1.165, 1.54) is 0 Å². The molecular weight excluding hydrogens is 494 g/mol. The van der Waals surface area contributed by atoms with E-state index in [9.17, 15) is 9.59 Å². The molecule has 2 heterocycles. The summed E-state index contributed by atoms with van der Waals surface area (Å²) < 4.78 is 16.8. The van der Waals surface area contributed by atoms with Crippen molar-refractivity contribution in [3.8, 4) is 11.5 Å². The minimum atomic E-state index is -0.407. The molecule has 0 saturated heterocycles. The van der Waals surface area contributed by atoms with Crippen molar-refractivity contribution >= 4 is 34.9 Å². The van der Waals surface area contributed by atoms with Crippen molar-refractivity contribution in [2.45, 2.75) is 45.4 Å². The molecule has 192 valence electrons. The summed E-state index contributed by atoms with van der Waals surface area (Å²) in [5.41, 5.74) is 3.89. The molecule has 0 spiro atoms. The van der Waals surface area contributed by atoms with Crippen molar-refractivity contribution in [3.63, 3.8) is 0 Å².